The minimum absolute atomic E-state index is 0. The van der Waals surface area contributed by atoms with Crippen LogP contribution in [0.25, 0.3) is 22.5 Å². The van der Waals surface area contributed by atoms with Gasteiger partial charge in [0, 0.05) is 38.2 Å². The predicted molar refractivity (Wildman–Crippen MR) is 109 cm³/mol. The van der Waals surface area contributed by atoms with Crippen molar-refractivity contribution >= 4 is 0 Å². The van der Waals surface area contributed by atoms with Crippen LogP contribution in [0.2, 0.25) is 0 Å². The quantitative estimate of drug-likeness (QED) is 0.365. The van der Waals surface area contributed by atoms with E-state index in [1.165, 1.54) is 11.1 Å². The molecule has 0 aliphatic rings. The number of nitrogens with zero attached hydrogens (tertiary/aromatic N) is 2. The molecule has 27 heavy (non-hydrogen) atoms. The molecule has 0 atom stereocenters. The maximum Gasteiger partial charge on any atom is 0.0291 e. The molecule has 143 valence electrons. The molecule has 0 aliphatic carbocycles. The summed E-state index contributed by atoms with van der Waals surface area (Å²) >= 11 is 0. The Morgan fingerprint density at radius 1 is 0.704 bits per heavy atom. The summed E-state index contributed by atoms with van der Waals surface area (Å²) in [6, 6.07) is 18.1. The standard InChI is InChI=1S/C24H27N2.Ir/c1-23(2,3)19-11-13-25-21(15-19)17-7-9-18(10-8-17)22-16-20(12-14-26-22)24(4,5)6;/h7-9,11-16H,1-6H3;/q-1;. The van der Waals surface area contributed by atoms with E-state index in [0.717, 1.165) is 22.5 Å². The van der Waals surface area contributed by atoms with E-state index in [-0.39, 0.29) is 30.9 Å². The molecule has 3 heteroatoms. The average Bonchev–Trinajstić information content (AvgIpc) is 2.61. The van der Waals surface area contributed by atoms with E-state index in [1.807, 2.05) is 18.5 Å². The van der Waals surface area contributed by atoms with Gasteiger partial charge in [0.05, 0.1) is 0 Å². The monoisotopic (exact) mass is 536 g/mol. The third-order valence-corrected chi connectivity index (χ3v) is 4.64. The topological polar surface area (TPSA) is 25.8 Å². The molecule has 2 heterocycles. The molecule has 0 bridgehead atoms. The van der Waals surface area contributed by atoms with Gasteiger partial charge in [0.2, 0.25) is 0 Å². The van der Waals surface area contributed by atoms with Crippen LogP contribution in [0.1, 0.15) is 52.7 Å². The van der Waals surface area contributed by atoms with Gasteiger partial charge in [-0.25, -0.2) is 0 Å². The van der Waals surface area contributed by atoms with Crippen molar-refractivity contribution in [3.05, 3.63) is 72.1 Å². The molecule has 0 amide bonds. The summed E-state index contributed by atoms with van der Waals surface area (Å²) in [6.07, 6.45) is 3.77. The molecule has 2 nitrogen and oxygen atoms in total. The summed E-state index contributed by atoms with van der Waals surface area (Å²) in [6.45, 7) is 13.3. The molecular formula is C24H27IrN2-. The number of benzene rings is 1. The van der Waals surface area contributed by atoms with Crippen LogP contribution < -0.4 is 0 Å². The fourth-order valence-corrected chi connectivity index (χ4v) is 2.84. The van der Waals surface area contributed by atoms with E-state index in [1.54, 1.807) is 0 Å². The maximum absolute atomic E-state index is 4.54. The van der Waals surface area contributed by atoms with E-state index in [2.05, 4.69) is 94.0 Å². The van der Waals surface area contributed by atoms with Crippen molar-refractivity contribution in [1.29, 1.82) is 0 Å². The second-order valence-corrected chi connectivity index (χ2v) is 8.85. The molecule has 0 unspecified atom stereocenters. The van der Waals surface area contributed by atoms with Crippen molar-refractivity contribution in [2.24, 2.45) is 0 Å². The summed E-state index contributed by atoms with van der Waals surface area (Å²) in [5, 5.41) is 0. The molecule has 0 spiro atoms. The van der Waals surface area contributed by atoms with E-state index in [9.17, 15) is 0 Å². The normalized spacial score (nSPS) is 11.8. The van der Waals surface area contributed by atoms with Gasteiger partial charge in [-0.3, -0.25) is 4.98 Å². The number of pyridine rings is 2. The molecule has 0 aliphatic heterocycles. The zero-order valence-electron chi connectivity index (χ0n) is 16.9. The summed E-state index contributed by atoms with van der Waals surface area (Å²) in [4.78, 5) is 9.06. The molecule has 1 aromatic carbocycles. The molecule has 0 N–H and O–H groups in total. The van der Waals surface area contributed by atoms with E-state index in [4.69, 9.17) is 0 Å². The third kappa shape index (κ3) is 5.12. The molecule has 1 radical (unpaired) electrons. The van der Waals surface area contributed by atoms with E-state index >= 15 is 0 Å². The average molecular weight is 536 g/mol. The van der Waals surface area contributed by atoms with Gasteiger partial charge in [0.1, 0.15) is 0 Å². The van der Waals surface area contributed by atoms with Gasteiger partial charge in [-0.05, 0) is 45.8 Å². The van der Waals surface area contributed by atoms with Gasteiger partial charge in [0.25, 0.3) is 0 Å². The van der Waals surface area contributed by atoms with Crippen LogP contribution in [0.3, 0.4) is 0 Å². The molecule has 3 rings (SSSR count). The van der Waals surface area contributed by atoms with Gasteiger partial charge >= 0.3 is 0 Å². The maximum atomic E-state index is 4.54. The van der Waals surface area contributed by atoms with Gasteiger partial charge in [-0.15, -0.1) is 29.8 Å². The first-order valence-electron chi connectivity index (χ1n) is 9.10. The Labute approximate surface area is 176 Å². The number of aromatic nitrogens is 2. The largest absolute Gasteiger partial charge is 0.305 e. The van der Waals surface area contributed by atoms with Crippen LogP contribution in [0.15, 0.2) is 54.9 Å². The first-order valence-corrected chi connectivity index (χ1v) is 9.10. The zero-order chi connectivity index (χ0) is 18.9. The molecule has 3 aromatic rings. The van der Waals surface area contributed by atoms with E-state index in [0.29, 0.717) is 0 Å². The molecule has 0 saturated heterocycles. The van der Waals surface area contributed by atoms with Crippen molar-refractivity contribution < 1.29 is 20.1 Å². The van der Waals surface area contributed by atoms with Gasteiger partial charge in [0.15, 0.2) is 0 Å². The van der Waals surface area contributed by atoms with Crippen LogP contribution in [-0.4, -0.2) is 9.97 Å². The zero-order valence-corrected chi connectivity index (χ0v) is 19.3. The van der Waals surface area contributed by atoms with Crippen LogP contribution >= 0.6 is 0 Å². The van der Waals surface area contributed by atoms with E-state index < -0.39 is 0 Å². The first-order chi connectivity index (χ1) is 12.1. The molecule has 2 aromatic heterocycles. The van der Waals surface area contributed by atoms with Crippen molar-refractivity contribution in [2.75, 3.05) is 0 Å². The number of rotatable bonds is 2. The van der Waals surface area contributed by atoms with Gasteiger partial charge in [-0.1, -0.05) is 53.2 Å². The summed E-state index contributed by atoms with van der Waals surface area (Å²) in [7, 11) is 0. The fourth-order valence-electron chi connectivity index (χ4n) is 2.84. The van der Waals surface area contributed by atoms with Crippen molar-refractivity contribution in [1.82, 2.24) is 9.97 Å². The Morgan fingerprint density at radius 2 is 1.22 bits per heavy atom. The second-order valence-electron chi connectivity index (χ2n) is 8.85. The van der Waals surface area contributed by atoms with Crippen molar-refractivity contribution in [3.63, 3.8) is 0 Å². The van der Waals surface area contributed by atoms with Crippen LogP contribution in [0, 0.1) is 6.07 Å². The van der Waals surface area contributed by atoms with Crippen molar-refractivity contribution in [3.8, 4) is 22.5 Å². The number of hydrogen-bond acceptors (Lipinski definition) is 2. The Balaban J connectivity index is 0.00000261. The number of hydrogen-bond donors (Lipinski definition) is 0. The van der Waals surface area contributed by atoms with Gasteiger partial charge in [-0.2, -0.15) is 0 Å². The molecule has 0 fully saturated rings. The summed E-state index contributed by atoms with van der Waals surface area (Å²) < 4.78 is 0. The second kappa shape index (κ2) is 8.04. The fraction of sp³-hybridized carbons (Fsp3) is 0.333. The summed E-state index contributed by atoms with van der Waals surface area (Å²) in [5.74, 6) is 0. The van der Waals surface area contributed by atoms with Gasteiger partial charge < -0.3 is 4.98 Å². The Kier molecular flexibility index (Phi) is 6.39. The predicted octanol–water partition coefficient (Wildman–Crippen LogP) is 6.20. The Bertz CT molecular complexity index is 824. The Morgan fingerprint density at radius 3 is 1.70 bits per heavy atom. The molecular weight excluding hydrogens is 508 g/mol. The Hall–Kier alpha value is -1.83. The van der Waals surface area contributed by atoms with Crippen molar-refractivity contribution in [2.45, 2.75) is 52.4 Å². The van der Waals surface area contributed by atoms with Crippen LogP contribution in [-0.2, 0) is 30.9 Å². The van der Waals surface area contributed by atoms with Crippen LogP contribution in [0.4, 0.5) is 0 Å². The first kappa shape index (κ1) is 21.5. The third-order valence-electron chi connectivity index (χ3n) is 4.64. The van der Waals surface area contributed by atoms with Crippen LogP contribution in [0.5, 0.6) is 0 Å². The summed E-state index contributed by atoms with van der Waals surface area (Å²) in [5.41, 5.74) is 6.80. The minimum Gasteiger partial charge on any atom is -0.305 e. The SMILES string of the molecule is CC(C)(C)c1ccnc(-c2[c-]cc(-c3cc(C(C)(C)C)ccn3)cc2)c1.[Ir]. The smallest absolute Gasteiger partial charge is 0.0291 e. The minimum atomic E-state index is 0. The molecule has 0 saturated carbocycles.